The molecule has 116 valence electrons. The van der Waals surface area contributed by atoms with Crippen molar-refractivity contribution in [1.29, 1.82) is 0 Å². The number of anilines is 1. The number of methoxy groups -OCH3 is 1. The molecule has 0 spiro atoms. The second-order valence-electron chi connectivity index (χ2n) is 4.78. The first kappa shape index (κ1) is 16.9. The van der Waals surface area contributed by atoms with Crippen LogP contribution in [0.4, 0.5) is 11.4 Å². The van der Waals surface area contributed by atoms with Crippen molar-refractivity contribution >= 4 is 17.3 Å². The Kier molecular flexibility index (Phi) is 6.10. The number of nitrogens with two attached hydrogens (primary N) is 1. The van der Waals surface area contributed by atoms with Gasteiger partial charge >= 0.3 is 0 Å². The fourth-order valence-electron chi connectivity index (χ4n) is 1.95. The van der Waals surface area contributed by atoms with Crippen LogP contribution in [0, 0.1) is 10.1 Å². The second-order valence-corrected chi connectivity index (χ2v) is 4.78. The van der Waals surface area contributed by atoms with Gasteiger partial charge in [-0.25, -0.2) is 0 Å². The van der Waals surface area contributed by atoms with E-state index in [9.17, 15) is 14.9 Å². The van der Waals surface area contributed by atoms with Gasteiger partial charge in [0.25, 0.3) is 11.6 Å². The van der Waals surface area contributed by atoms with Crippen molar-refractivity contribution < 1.29 is 14.5 Å². The monoisotopic (exact) mass is 295 g/mol. The summed E-state index contributed by atoms with van der Waals surface area (Å²) in [6.07, 6.45) is 0.803. The van der Waals surface area contributed by atoms with Gasteiger partial charge in [0.1, 0.15) is 5.69 Å². The van der Waals surface area contributed by atoms with E-state index in [-0.39, 0.29) is 23.3 Å². The summed E-state index contributed by atoms with van der Waals surface area (Å²) in [5, 5.41) is 10.7. The van der Waals surface area contributed by atoms with Crippen molar-refractivity contribution in [3.05, 3.63) is 33.9 Å². The zero-order valence-corrected chi connectivity index (χ0v) is 12.5. The van der Waals surface area contributed by atoms with Gasteiger partial charge in [-0.05, 0) is 25.5 Å². The average Bonchev–Trinajstić information content (AvgIpc) is 2.46. The molecule has 1 aromatic carbocycles. The maximum atomic E-state index is 12.5. The Morgan fingerprint density at radius 3 is 2.67 bits per heavy atom. The highest BCUT2D eigenvalue weighted by atomic mass is 16.6. The summed E-state index contributed by atoms with van der Waals surface area (Å²) in [5.41, 5.74) is 5.77. The number of nitrogen functional groups attached to an aromatic ring is 1. The summed E-state index contributed by atoms with van der Waals surface area (Å²) in [6, 6.07) is 4.08. The van der Waals surface area contributed by atoms with Crippen molar-refractivity contribution in [1.82, 2.24) is 4.90 Å². The molecule has 1 aromatic rings. The summed E-state index contributed by atoms with van der Waals surface area (Å²) < 4.78 is 5.02. The molecule has 0 aromatic heterocycles. The van der Waals surface area contributed by atoms with E-state index in [1.54, 1.807) is 12.0 Å². The van der Waals surface area contributed by atoms with Gasteiger partial charge in [-0.3, -0.25) is 14.9 Å². The quantitative estimate of drug-likeness (QED) is 0.471. The maximum Gasteiger partial charge on any atom is 0.292 e. The molecule has 0 bridgehead atoms. The maximum absolute atomic E-state index is 12.5. The molecule has 0 radical (unpaired) electrons. The van der Waals surface area contributed by atoms with Crippen LogP contribution < -0.4 is 5.73 Å². The molecule has 0 saturated carbocycles. The first-order valence-electron chi connectivity index (χ1n) is 6.76. The fraction of sp³-hybridized carbons (Fsp3) is 0.500. The van der Waals surface area contributed by atoms with Crippen LogP contribution >= 0.6 is 0 Å². The molecule has 1 amide bonds. The zero-order valence-electron chi connectivity index (χ0n) is 12.5. The molecule has 0 saturated heterocycles. The second kappa shape index (κ2) is 7.58. The Morgan fingerprint density at radius 1 is 1.52 bits per heavy atom. The number of amides is 1. The van der Waals surface area contributed by atoms with Gasteiger partial charge in [0.2, 0.25) is 0 Å². The fourth-order valence-corrected chi connectivity index (χ4v) is 1.95. The molecule has 0 aliphatic carbocycles. The Labute approximate surface area is 123 Å². The van der Waals surface area contributed by atoms with E-state index in [0.717, 1.165) is 6.42 Å². The lowest BCUT2D eigenvalue weighted by atomic mass is 10.1. The summed E-state index contributed by atoms with van der Waals surface area (Å²) in [4.78, 5) is 24.4. The molecule has 0 fully saturated rings. The van der Waals surface area contributed by atoms with Gasteiger partial charge in [0.05, 0.1) is 11.5 Å². The lowest BCUT2D eigenvalue weighted by Crippen LogP contribution is -2.40. The molecule has 0 aliphatic rings. The molecular formula is C14H21N3O4. The van der Waals surface area contributed by atoms with Crippen LogP contribution in [0.3, 0.4) is 0 Å². The predicted molar refractivity (Wildman–Crippen MR) is 80.2 cm³/mol. The number of nitro benzene ring substituents is 1. The standard InChI is InChI=1S/C14H21N3O4/c1-4-10(2)16(7-8-21-3)14(18)11-5-6-13(17(19)20)12(15)9-11/h5-6,9-10H,4,7-8,15H2,1-3H3. The zero-order chi connectivity index (χ0) is 16.0. The number of carbonyl (C=O) groups excluding carboxylic acids is 1. The Bertz CT molecular complexity index is 519. The van der Waals surface area contributed by atoms with Crippen LogP contribution in [-0.4, -0.2) is 42.0 Å². The van der Waals surface area contributed by atoms with Crippen molar-refractivity contribution in [2.75, 3.05) is 26.0 Å². The molecule has 0 heterocycles. The largest absolute Gasteiger partial charge is 0.393 e. The summed E-state index contributed by atoms with van der Waals surface area (Å²) in [5.74, 6) is -0.206. The molecule has 7 nitrogen and oxygen atoms in total. The smallest absolute Gasteiger partial charge is 0.292 e. The minimum Gasteiger partial charge on any atom is -0.393 e. The van der Waals surface area contributed by atoms with Gasteiger partial charge in [0, 0.05) is 31.3 Å². The minimum atomic E-state index is -0.569. The molecule has 1 atom stereocenters. The van der Waals surface area contributed by atoms with Crippen LogP contribution in [0.2, 0.25) is 0 Å². The van der Waals surface area contributed by atoms with Crippen molar-refractivity contribution in [3.8, 4) is 0 Å². The third kappa shape index (κ3) is 4.16. The average molecular weight is 295 g/mol. The van der Waals surface area contributed by atoms with Gasteiger partial charge in [-0.1, -0.05) is 6.92 Å². The van der Waals surface area contributed by atoms with Gasteiger partial charge in [-0.2, -0.15) is 0 Å². The summed E-state index contributed by atoms with van der Waals surface area (Å²) in [6.45, 7) is 4.82. The number of hydrogen-bond acceptors (Lipinski definition) is 5. The highest BCUT2D eigenvalue weighted by Crippen LogP contribution is 2.23. The first-order chi connectivity index (χ1) is 9.92. The number of ether oxygens (including phenoxy) is 1. The van der Waals surface area contributed by atoms with E-state index >= 15 is 0 Å². The summed E-state index contributed by atoms with van der Waals surface area (Å²) in [7, 11) is 1.57. The van der Waals surface area contributed by atoms with Crippen molar-refractivity contribution in [2.24, 2.45) is 0 Å². The number of hydrogen-bond donors (Lipinski definition) is 1. The highest BCUT2D eigenvalue weighted by Gasteiger charge is 2.22. The van der Waals surface area contributed by atoms with Crippen LogP contribution in [0.15, 0.2) is 18.2 Å². The summed E-state index contributed by atoms with van der Waals surface area (Å²) >= 11 is 0. The Balaban J connectivity index is 3.03. The van der Waals surface area contributed by atoms with E-state index in [4.69, 9.17) is 10.5 Å². The van der Waals surface area contributed by atoms with Gasteiger partial charge < -0.3 is 15.4 Å². The molecule has 21 heavy (non-hydrogen) atoms. The SMILES string of the molecule is CCC(C)N(CCOC)C(=O)c1ccc([N+](=O)[O-])c(N)c1. The highest BCUT2D eigenvalue weighted by molar-refractivity contribution is 5.96. The molecule has 1 rings (SSSR count). The van der Waals surface area contributed by atoms with Crippen molar-refractivity contribution in [2.45, 2.75) is 26.3 Å². The first-order valence-corrected chi connectivity index (χ1v) is 6.76. The molecule has 2 N–H and O–H groups in total. The lowest BCUT2D eigenvalue weighted by Gasteiger charge is -2.28. The lowest BCUT2D eigenvalue weighted by molar-refractivity contribution is -0.383. The van der Waals surface area contributed by atoms with E-state index in [1.807, 2.05) is 13.8 Å². The van der Waals surface area contributed by atoms with Crippen molar-refractivity contribution in [3.63, 3.8) is 0 Å². The predicted octanol–water partition coefficient (Wildman–Crippen LogP) is 2.06. The third-order valence-corrected chi connectivity index (χ3v) is 3.39. The number of benzene rings is 1. The van der Waals surface area contributed by atoms with Crippen LogP contribution in [-0.2, 0) is 4.74 Å². The minimum absolute atomic E-state index is 0.0123. The Morgan fingerprint density at radius 2 is 2.19 bits per heavy atom. The molecule has 7 heteroatoms. The number of carbonyl (C=O) groups is 1. The van der Waals surface area contributed by atoms with Crippen LogP contribution in [0.5, 0.6) is 0 Å². The van der Waals surface area contributed by atoms with Crippen LogP contribution in [0.1, 0.15) is 30.6 Å². The van der Waals surface area contributed by atoms with E-state index in [1.165, 1.54) is 18.2 Å². The van der Waals surface area contributed by atoms with E-state index in [0.29, 0.717) is 18.7 Å². The molecule has 0 aliphatic heterocycles. The third-order valence-electron chi connectivity index (χ3n) is 3.39. The van der Waals surface area contributed by atoms with Gasteiger partial charge in [-0.15, -0.1) is 0 Å². The van der Waals surface area contributed by atoms with Gasteiger partial charge in [0.15, 0.2) is 0 Å². The molecular weight excluding hydrogens is 274 g/mol. The van der Waals surface area contributed by atoms with E-state index in [2.05, 4.69) is 0 Å². The number of rotatable bonds is 7. The van der Waals surface area contributed by atoms with Crippen LogP contribution in [0.25, 0.3) is 0 Å². The Hall–Kier alpha value is -2.15. The number of nitro groups is 1. The topological polar surface area (TPSA) is 98.7 Å². The molecule has 1 unspecified atom stereocenters. The number of nitrogens with zero attached hydrogens (tertiary/aromatic N) is 2. The van der Waals surface area contributed by atoms with E-state index < -0.39 is 4.92 Å². The normalized spacial score (nSPS) is 12.0.